The number of nitrogens with two attached hydrogens (primary N) is 1. The number of carboxylic acid groups (broad SMARTS) is 1. The minimum absolute atomic E-state index is 0.241. The first-order valence-electron chi connectivity index (χ1n) is 3.02. The van der Waals surface area contributed by atoms with Gasteiger partial charge in [-0.1, -0.05) is 6.08 Å². The molecule has 0 saturated heterocycles. The topological polar surface area (TPSA) is 53.9 Å². The number of hydrogen-bond acceptors (Lipinski definition) is 1. The first kappa shape index (κ1) is 6.29. The Morgan fingerprint density at radius 2 is 2.44 bits per heavy atom. The molecule has 3 nitrogen and oxygen atoms in total. The van der Waals surface area contributed by atoms with Crippen molar-refractivity contribution in [3.8, 4) is 0 Å². The highest BCUT2D eigenvalue weighted by Crippen LogP contribution is 1.91. The van der Waals surface area contributed by atoms with E-state index in [1.807, 2.05) is 17.5 Å². The number of rotatable bonds is 1. The molecule has 1 heterocycles. The van der Waals surface area contributed by atoms with Gasteiger partial charge in [0, 0.05) is 6.42 Å². The number of carbonyl (C=O) groups is 1. The summed E-state index contributed by atoms with van der Waals surface area (Å²) in [4.78, 5) is 10.3. The summed E-state index contributed by atoms with van der Waals surface area (Å²) >= 11 is 0. The highest BCUT2D eigenvalue weighted by molar-refractivity contribution is 5.71. The standard InChI is InChI=1S/C6H9NO2/c8-6(9)5-3-1-2-4-7-5/h1-2,5,7H,3-4H2,(H,8,9)/p+1/t5-/m0/s1. The van der Waals surface area contributed by atoms with Crippen LogP contribution in [-0.4, -0.2) is 23.7 Å². The van der Waals surface area contributed by atoms with Crippen molar-refractivity contribution in [2.45, 2.75) is 12.5 Å². The Labute approximate surface area is 53.4 Å². The van der Waals surface area contributed by atoms with Gasteiger partial charge in [-0.2, -0.15) is 0 Å². The molecule has 0 unspecified atom stereocenters. The van der Waals surface area contributed by atoms with Crippen LogP contribution in [0.3, 0.4) is 0 Å². The van der Waals surface area contributed by atoms with Gasteiger partial charge in [0.05, 0.1) is 6.54 Å². The zero-order valence-corrected chi connectivity index (χ0v) is 5.08. The number of aliphatic carboxylic acids is 1. The van der Waals surface area contributed by atoms with Crippen molar-refractivity contribution >= 4 is 5.97 Å². The Kier molecular flexibility index (Phi) is 1.85. The SMILES string of the molecule is O=C(O)[C@@H]1CC=CC[NH2+]1. The third-order valence-electron chi connectivity index (χ3n) is 1.43. The average molecular weight is 128 g/mol. The molecule has 1 rings (SSSR count). The predicted octanol–water partition coefficient (Wildman–Crippen LogP) is -1.04. The first-order chi connectivity index (χ1) is 4.30. The molecule has 3 N–H and O–H groups in total. The summed E-state index contributed by atoms with van der Waals surface area (Å²) in [5.41, 5.74) is 0. The molecular formula is C6H10NO2+. The van der Waals surface area contributed by atoms with Crippen molar-refractivity contribution in [2.24, 2.45) is 0 Å². The second-order valence-corrected chi connectivity index (χ2v) is 2.12. The molecule has 0 spiro atoms. The molecule has 0 aromatic carbocycles. The Hall–Kier alpha value is -0.830. The monoisotopic (exact) mass is 128 g/mol. The zero-order chi connectivity index (χ0) is 6.69. The molecule has 1 atom stereocenters. The van der Waals surface area contributed by atoms with Gasteiger partial charge in [-0.05, 0) is 6.08 Å². The molecule has 50 valence electrons. The van der Waals surface area contributed by atoms with Crippen LogP contribution in [-0.2, 0) is 4.79 Å². The van der Waals surface area contributed by atoms with E-state index in [0.29, 0.717) is 6.42 Å². The van der Waals surface area contributed by atoms with Gasteiger partial charge in [0.15, 0.2) is 6.04 Å². The van der Waals surface area contributed by atoms with E-state index in [4.69, 9.17) is 5.11 Å². The van der Waals surface area contributed by atoms with Gasteiger partial charge >= 0.3 is 5.97 Å². The lowest BCUT2D eigenvalue weighted by Crippen LogP contribution is -2.92. The van der Waals surface area contributed by atoms with Gasteiger partial charge in [0.25, 0.3) is 0 Å². The van der Waals surface area contributed by atoms with Crippen LogP contribution in [0.1, 0.15) is 6.42 Å². The molecule has 0 aliphatic carbocycles. The fourth-order valence-electron chi connectivity index (χ4n) is 0.880. The van der Waals surface area contributed by atoms with Crippen LogP contribution in [0, 0.1) is 0 Å². The van der Waals surface area contributed by atoms with Gasteiger partial charge in [-0.15, -0.1) is 0 Å². The lowest BCUT2D eigenvalue weighted by molar-refractivity contribution is -0.671. The Bertz CT molecular complexity index is 142. The Balaban J connectivity index is 2.44. The molecule has 0 radical (unpaired) electrons. The maximum atomic E-state index is 10.3. The van der Waals surface area contributed by atoms with E-state index in [2.05, 4.69) is 0 Å². The van der Waals surface area contributed by atoms with E-state index in [1.165, 1.54) is 0 Å². The summed E-state index contributed by atoms with van der Waals surface area (Å²) < 4.78 is 0. The van der Waals surface area contributed by atoms with Crippen LogP contribution < -0.4 is 5.32 Å². The minimum Gasteiger partial charge on any atom is -0.477 e. The second kappa shape index (κ2) is 2.64. The van der Waals surface area contributed by atoms with Crippen LogP contribution in [0.25, 0.3) is 0 Å². The molecule has 1 aliphatic rings. The summed E-state index contributed by atoms with van der Waals surface area (Å²) in [6.07, 6.45) is 4.56. The van der Waals surface area contributed by atoms with Crippen molar-refractivity contribution in [1.29, 1.82) is 0 Å². The van der Waals surface area contributed by atoms with Crippen molar-refractivity contribution in [3.63, 3.8) is 0 Å². The lowest BCUT2D eigenvalue weighted by Gasteiger charge is -2.10. The fourth-order valence-corrected chi connectivity index (χ4v) is 0.880. The Morgan fingerprint density at radius 1 is 1.67 bits per heavy atom. The van der Waals surface area contributed by atoms with Crippen LogP contribution in [0.2, 0.25) is 0 Å². The molecule has 0 aromatic rings. The predicted molar refractivity (Wildman–Crippen MR) is 32.0 cm³/mol. The van der Waals surface area contributed by atoms with Crippen LogP contribution in [0.5, 0.6) is 0 Å². The number of quaternary nitrogens is 1. The van der Waals surface area contributed by atoms with E-state index in [9.17, 15) is 4.79 Å². The van der Waals surface area contributed by atoms with E-state index >= 15 is 0 Å². The summed E-state index contributed by atoms with van der Waals surface area (Å²) in [6.45, 7) is 0.803. The Morgan fingerprint density at radius 3 is 2.78 bits per heavy atom. The van der Waals surface area contributed by atoms with Gasteiger partial charge in [0.2, 0.25) is 0 Å². The van der Waals surface area contributed by atoms with E-state index in [0.717, 1.165) is 6.54 Å². The third kappa shape index (κ3) is 1.54. The molecule has 3 heteroatoms. The lowest BCUT2D eigenvalue weighted by atomic mass is 10.1. The van der Waals surface area contributed by atoms with Gasteiger partial charge in [-0.25, -0.2) is 4.79 Å². The smallest absolute Gasteiger partial charge is 0.362 e. The molecule has 1 aliphatic heterocycles. The zero-order valence-electron chi connectivity index (χ0n) is 5.08. The van der Waals surface area contributed by atoms with Gasteiger partial charge in [0.1, 0.15) is 0 Å². The van der Waals surface area contributed by atoms with Crippen molar-refractivity contribution in [1.82, 2.24) is 0 Å². The summed E-state index contributed by atoms with van der Waals surface area (Å²) in [5.74, 6) is -0.709. The molecule has 0 amide bonds. The normalized spacial score (nSPS) is 26.0. The van der Waals surface area contributed by atoms with E-state index in [1.54, 1.807) is 0 Å². The summed E-state index contributed by atoms with van der Waals surface area (Å²) in [7, 11) is 0. The maximum absolute atomic E-state index is 10.3. The quantitative estimate of drug-likeness (QED) is 0.443. The van der Waals surface area contributed by atoms with Crippen LogP contribution in [0.15, 0.2) is 12.2 Å². The molecule has 9 heavy (non-hydrogen) atoms. The van der Waals surface area contributed by atoms with E-state index in [-0.39, 0.29) is 6.04 Å². The summed E-state index contributed by atoms with van der Waals surface area (Å²) in [5, 5.41) is 10.3. The maximum Gasteiger partial charge on any atom is 0.362 e. The van der Waals surface area contributed by atoms with Crippen molar-refractivity contribution in [3.05, 3.63) is 12.2 Å². The minimum atomic E-state index is -0.709. The molecule has 0 bridgehead atoms. The third-order valence-corrected chi connectivity index (χ3v) is 1.43. The van der Waals surface area contributed by atoms with Crippen molar-refractivity contribution < 1.29 is 15.2 Å². The summed E-state index contributed by atoms with van der Waals surface area (Å²) in [6, 6.07) is -0.241. The number of hydrogen-bond donors (Lipinski definition) is 2. The molecule has 0 saturated carbocycles. The highest BCUT2D eigenvalue weighted by Gasteiger charge is 2.19. The molecule has 0 fully saturated rings. The van der Waals surface area contributed by atoms with E-state index < -0.39 is 5.97 Å². The average Bonchev–Trinajstić information content (AvgIpc) is 1.90. The molecule has 0 aromatic heterocycles. The van der Waals surface area contributed by atoms with Crippen LogP contribution >= 0.6 is 0 Å². The van der Waals surface area contributed by atoms with Crippen LogP contribution in [0.4, 0.5) is 0 Å². The first-order valence-corrected chi connectivity index (χ1v) is 3.02. The van der Waals surface area contributed by atoms with Crippen molar-refractivity contribution in [2.75, 3.05) is 6.54 Å². The largest absolute Gasteiger partial charge is 0.477 e. The van der Waals surface area contributed by atoms with Gasteiger partial charge in [-0.3, -0.25) is 0 Å². The number of carboxylic acids is 1. The highest BCUT2D eigenvalue weighted by atomic mass is 16.4. The van der Waals surface area contributed by atoms with Gasteiger partial charge < -0.3 is 10.4 Å². The second-order valence-electron chi connectivity index (χ2n) is 2.12. The molecular weight excluding hydrogens is 118 g/mol. The fraction of sp³-hybridized carbons (Fsp3) is 0.500.